The highest BCUT2D eigenvalue weighted by Crippen LogP contribution is 2.34. The smallest absolute Gasteiger partial charge is 0.313 e. The molecule has 0 amide bonds. The number of nitro groups is 1. The molecule has 0 aliphatic carbocycles. The molecular weight excluding hydrogens is 308 g/mol. The summed E-state index contributed by atoms with van der Waals surface area (Å²) in [6, 6.07) is 12.0. The third-order valence-corrected chi connectivity index (χ3v) is 3.32. The molecule has 0 bridgehead atoms. The minimum Gasteiger partial charge on any atom is -0.460 e. The first-order chi connectivity index (χ1) is 10.5. The second kappa shape index (κ2) is 7.11. The van der Waals surface area contributed by atoms with Crippen LogP contribution < -0.4 is 9.64 Å². The predicted molar refractivity (Wildman–Crippen MR) is 85.1 cm³/mol. The van der Waals surface area contributed by atoms with Crippen LogP contribution in [0.15, 0.2) is 42.5 Å². The minimum absolute atomic E-state index is 0.0484. The van der Waals surface area contributed by atoms with E-state index in [1.165, 1.54) is 13.2 Å². The van der Waals surface area contributed by atoms with Gasteiger partial charge in [0.05, 0.1) is 4.92 Å². The average molecular weight is 323 g/mol. The Kier molecular flexibility index (Phi) is 5.19. The number of benzene rings is 2. The van der Waals surface area contributed by atoms with Gasteiger partial charge in [-0.25, -0.2) is 0 Å². The number of anilines is 2. The molecule has 0 saturated heterocycles. The lowest BCUT2D eigenvalue weighted by molar-refractivity contribution is -0.386. The van der Waals surface area contributed by atoms with Crippen molar-refractivity contribution in [3.63, 3.8) is 0 Å². The maximum Gasteiger partial charge on any atom is 0.313 e. The van der Waals surface area contributed by atoms with Gasteiger partial charge in [0.2, 0.25) is 0 Å². The van der Waals surface area contributed by atoms with Crippen LogP contribution >= 0.6 is 11.6 Å². The summed E-state index contributed by atoms with van der Waals surface area (Å²) in [4.78, 5) is 12.5. The molecule has 6 nitrogen and oxygen atoms in total. The summed E-state index contributed by atoms with van der Waals surface area (Å²) < 4.78 is 9.97. The van der Waals surface area contributed by atoms with Gasteiger partial charge in [-0.05, 0) is 36.4 Å². The van der Waals surface area contributed by atoms with Gasteiger partial charge in [-0.3, -0.25) is 10.1 Å². The molecule has 0 atom stereocenters. The van der Waals surface area contributed by atoms with Crippen LogP contribution in [0.2, 0.25) is 5.02 Å². The van der Waals surface area contributed by atoms with Crippen LogP contribution in [-0.4, -0.2) is 25.9 Å². The normalized spacial score (nSPS) is 10.3. The van der Waals surface area contributed by atoms with Crippen LogP contribution in [0.4, 0.5) is 17.1 Å². The van der Waals surface area contributed by atoms with Crippen LogP contribution in [0, 0.1) is 10.1 Å². The van der Waals surface area contributed by atoms with Crippen LogP contribution in [-0.2, 0) is 4.74 Å². The molecule has 22 heavy (non-hydrogen) atoms. The molecule has 0 aromatic heterocycles. The molecule has 0 spiro atoms. The Balaban J connectivity index is 2.33. The van der Waals surface area contributed by atoms with Gasteiger partial charge in [0.1, 0.15) is 0 Å². The largest absolute Gasteiger partial charge is 0.460 e. The van der Waals surface area contributed by atoms with Crippen molar-refractivity contribution in [1.82, 2.24) is 0 Å². The first kappa shape index (κ1) is 16.1. The Morgan fingerprint density at radius 1 is 1.18 bits per heavy atom. The number of hydrogen-bond acceptors (Lipinski definition) is 5. The monoisotopic (exact) mass is 322 g/mol. The maximum absolute atomic E-state index is 11.2. The molecule has 2 aromatic rings. The van der Waals surface area contributed by atoms with Gasteiger partial charge >= 0.3 is 5.69 Å². The summed E-state index contributed by atoms with van der Waals surface area (Å²) in [7, 11) is 3.27. The molecule has 0 aliphatic heterocycles. The number of hydrogen-bond donors (Lipinski definition) is 0. The molecule has 0 aliphatic rings. The van der Waals surface area contributed by atoms with E-state index in [2.05, 4.69) is 0 Å². The molecule has 0 unspecified atom stereocenters. The Hall–Kier alpha value is -2.31. The van der Waals surface area contributed by atoms with Crippen LogP contribution in [0.5, 0.6) is 5.75 Å². The first-order valence-corrected chi connectivity index (χ1v) is 6.80. The number of rotatable bonds is 6. The molecular formula is C15H15ClN2O4. The molecule has 7 heteroatoms. The van der Waals surface area contributed by atoms with E-state index >= 15 is 0 Å². The lowest BCUT2D eigenvalue weighted by atomic mass is 10.2. The van der Waals surface area contributed by atoms with E-state index in [1.807, 2.05) is 24.1 Å². The minimum atomic E-state index is -0.482. The second-order valence-electron chi connectivity index (χ2n) is 4.50. The number of ether oxygens (including phenoxy) is 2. The van der Waals surface area contributed by atoms with Gasteiger partial charge in [-0.1, -0.05) is 11.6 Å². The van der Waals surface area contributed by atoms with Crippen molar-refractivity contribution in [2.45, 2.75) is 0 Å². The standard InChI is InChI=1S/C15H15ClN2O4/c1-17(12-5-3-11(16)4-6-12)13-7-8-15(22-10-21-2)14(9-13)18(19)20/h3-9H,10H2,1-2H3. The number of nitro benzene ring substituents is 1. The molecule has 0 saturated carbocycles. The summed E-state index contributed by atoms with van der Waals surface area (Å²) in [6.45, 7) is -0.0484. The van der Waals surface area contributed by atoms with Crippen molar-refractivity contribution >= 4 is 28.7 Å². The molecule has 2 aromatic carbocycles. The predicted octanol–water partition coefficient (Wildman–Crippen LogP) is 4.00. The number of halogens is 1. The lowest BCUT2D eigenvalue weighted by Gasteiger charge is -2.20. The third kappa shape index (κ3) is 3.66. The summed E-state index contributed by atoms with van der Waals surface area (Å²) >= 11 is 5.86. The topological polar surface area (TPSA) is 64.8 Å². The third-order valence-electron chi connectivity index (χ3n) is 3.07. The zero-order chi connectivity index (χ0) is 16.1. The first-order valence-electron chi connectivity index (χ1n) is 6.42. The fourth-order valence-corrected chi connectivity index (χ4v) is 2.04. The van der Waals surface area contributed by atoms with Gasteiger partial charge in [-0.2, -0.15) is 0 Å². The van der Waals surface area contributed by atoms with E-state index in [0.717, 1.165) is 5.69 Å². The van der Waals surface area contributed by atoms with E-state index in [9.17, 15) is 10.1 Å². The number of nitrogens with zero attached hydrogens (tertiary/aromatic N) is 2. The van der Waals surface area contributed by atoms with Crippen LogP contribution in [0.25, 0.3) is 0 Å². The zero-order valence-corrected chi connectivity index (χ0v) is 12.9. The summed E-state index contributed by atoms with van der Waals surface area (Å²) in [6.07, 6.45) is 0. The fraction of sp³-hybridized carbons (Fsp3) is 0.200. The fourth-order valence-electron chi connectivity index (χ4n) is 1.92. The van der Waals surface area contributed by atoms with Crippen molar-refractivity contribution in [3.8, 4) is 5.75 Å². The van der Waals surface area contributed by atoms with Gasteiger partial charge in [0, 0.05) is 36.6 Å². The van der Waals surface area contributed by atoms with Gasteiger partial charge in [0.15, 0.2) is 12.5 Å². The summed E-state index contributed by atoms with van der Waals surface area (Å²) in [5.41, 5.74) is 1.42. The van der Waals surface area contributed by atoms with Crippen molar-refractivity contribution in [3.05, 3.63) is 57.6 Å². The highest BCUT2D eigenvalue weighted by atomic mass is 35.5. The second-order valence-corrected chi connectivity index (χ2v) is 4.93. The summed E-state index contributed by atoms with van der Waals surface area (Å²) in [5.74, 6) is 0.167. The quantitative estimate of drug-likeness (QED) is 0.457. The Morgan fingerprint density at radius 3 is 2.41 bits per heavy atom. The Bertz CT molecular complexity index is 661. The van der Waals surface area contributed by atoms with Gasteiger partial charge in [-0.15, -0.1) is 0 Å². The van der Waals surface area contributed by atoms with Crippen molar-refractivity contribution in [2.75, 3.05) is 25.9 Å². The summed E-state index contributed by atoms with van der Waals surface area (Å²) in [5, 5.41) is 11.8. The highest BCUT2D eigenvalue weighted by molar-refractivity contribution is 6.30. The van der Waals surface area contributed by atoms with E-state index in [0.29, 0.717) is 10.7 Å². The average Bonchev–Trinajstić information content (AvgIpc) is 2.52. The van der Waals surface area contributed by atoms with Gasteiger partial charge < -0.3 is 14.4 Å². The maximum atomic E-state index is 11.2. The molecule has 0 radical (unpaired) electrons. The Labute approximate surface area is 133 Å². The van der Waals surface area contributed by atoms with Crippen molar-refractivity contribution < 1.29 is 14.4 Å². The highest BCUT2D eigenvalue weighted by Gasteiger charge is 2.18. The SMILES string of the molecule is COCOc1ccc(N(C)c2ccc(Cl)cc2)cc1[N+](=O)[O-]. The Morgan fingerprint density at radius 2 is 1.82 bits per heavy atom. The van der Waals surface area contributed by atoms with E-state index in [1.54, 1.807) is 24.3 Å². The molecule has 2 rings (SSSR count). The van der Waals surface area contributed by atoms with Crippen LogP contribution in [0.3, 0.4) is 0 Å². The number of methoxy groups -OCH3 is 1. The zero-order valence-electron chi connectivity index (χ0n) is 12.2. The molecule has 0 N–H and O–H groups in total. The molecule has 0 heterocycles. The van der Waals surface area contributed by atoms with E-state index < -0.39 is 4.92 Å². The van der Waals surface area contributed by atoms with Crippen molar-refractivity contribution in [2.24, 2.45) is 0 Å². The molecule has 0 fully saturated rings. The van der Waals surface area contributed by atoms with Gasteiger partial charge in [0.25, 0.3) is 0 Å². The molecule has 116 valence electrons. The van der Waals surface area contributed by atoms with Crippen molar-refractivity contribution in [1.29, 1.82) is 0 Å². The van der Waals surface area contributed by atoms with E-state index in [-0.39, 0.29) is 18.2 Å². The van der Waals surface area contributed by atoms with Crippen LogP contribution in [0.1, 0.15) is 0 Å². The van der Waals surface area contributed by atoms with E-state index in [4.69, 9.17) is 21.1 Å². The lowest BCUT2D eigenvalue weighted by Crippen LogP contribution is -2.10.